The SMILES string of the molecule is Cc1cc2c(cc1C)-c1sc(C(=O)O)cc1CC2. The van der Waals surface area contributed by atoms with Crippen molar-refractivity contribution in [3.63, 3.8) is 0 Å². The molecule has 0 radical (unpaired) electrons. The highest BCUT2D eigenvalue weighted by atomic mass is 32.1. The van der Waals surface area contributed by atoms with Crippen LogP contribution in [0.4, 0.5) is 0 Å². The van der Waals surface area contributed by atoms with Gasteiger partial charge in [0.05, 0.1) is 0 Å². The highest BCUT2D eigenvalue weighted by Gasteiger charge is 2.21. The third-order valence-corrected chi connectivity index (χ3v) is 4.85. The van der Waals surface area contributed by atoms with Gasteiger partial charge in [-0.3, -0.25) is 0 Å². The van der Waals surface area contributed by atoms with Crippen LogP contribution in [0, 0.1) is 13.8 Å². The Bertz CT molecular complexity index is 653. The van der Waals surface area contributed by atoms with Gasteiger partial charge in [-0.15, -0.1) is 11.3 Å². The first-order valence-corrected chi connectivity index (χ1v) is 6.84. The van der Waals surface area contributed by atoms with Crippen molar-refractivity contribution in [2.24, 2.45) is 0 Å². The molecule has 3 heteroatoms. The van der Waals surface area contributed by atoms with Gasteiger partial charge in [-0.25, -0.2) is 4.79 Å². The number of hydrogen-bond acceptors (Lipinski definition) is 2. The summed E-state index contributed by atoms with van der Waals surface area (Å²) in [4.78, 5) is 12.7. The minimum Gasteiger partial charge on any atom is -0.477 e. The molecule has 1 aliphatic carbocycles. The van der Waals surface area contributed by atoms with Crippen molar-refractivity contribution in [2.75, 3.05) is 0 Å². The quantitative estimate of drug-likeness (QED) is 0.844. The number of fused-ring (bicyclic) bond motifs is 3. The molecule has 18 heavy (non-hydrogen) atoms. The second kappa shape index (κ2) is 3.95. The van der Waals surface area contributed by atoms with Crippen LogP contribution >= 0.6 is 11.3 Å². The number of hydrogen-bond donors (Lipinski definition) is 1. The molecule has 0 spiro atoms. The van der Waals surface area contributed by atoms with E-state index >= 15 is 0 Å². The molecule has 92 valence electrons. The van der Waals surface area contributed by atoms with E-state index in [2.05, 4.69) is 26.0 Å². The third kappa shape index (κ3) is 1.66. The van der Waals surface area contributed by atoms with Crippen LogP contribution in [0.2, 0.25) is 0 Å². The number of rotatable bonds is 1. The molecule has 0 atom stereocenters. The van der Waals surface area contributed by atoms with Crippen LogP contribution < -0.4 is 0 Å². The van der Waals surface area contributed by atoms with Crippen molar-refractivity contribution in [3.05, 3.63) is 45.3 Å². The van der Waals surface area contributed by atoms with Crippen molar-refractivity contribution >= 4 is 17.3 Å². The summed E-state index contributed by atoms with van der Waals surface area (Å²) in [7, 11) is 0. The van der Waals surface area contributed by atoms with E-state index in [0.29, 0.717) is 4.88 Å². The summed E-state index contributed by atoms with van der Waals surface area (Å²) in [5.74, 6) is -0.820. The van der Waals surface area contributed by atoms with Crippen LogP contribution in [0.5, 0.6) is 0 Å². The van der Waals surface area contributed by atoms with Crippen molar-refractivity contribution in [1.82, 2.24) is 0 Å². The maximum Gasteiger partial charge on any atom is 0.345 e. The van der Waals surface area contributed by atoms with E-state index in [1.54, 1.807) is 0 Å². The molecule has 0 unspecified atom stereocenters. The third-order valence-electron chi connectivity index (χ3n) is 3.65. The van der Waals surface area contributed by atoms with Crippen molar-refractivity contribution < 1.29 is 9.90 Å². The number of thiophene rings is 1. The number of aromatic carboxylic acids is 1. The Morgan fingerprint density at radius 2 is 1.78 bits per heavy atom. The molecule has 0 fully saturated rings. The minimum absolute atomic E-state index is 0.450. The largest absolute Gasteiger partial charge is 0.477 e. The Labute approximate surface area is 110 Å². The Morgan fingerprint density at radius 1 is 1.11 bits per heavy atom. The molecule has 1 aromatic heterocycles. The van der Waals surface area contributed by atoms with Gasteiger partial charge in [0, 0.05) is 4.88 Å². The predicted octanol–water partition coefficient (Wildman–Crippen LogP) is 3.83. The lowest BCUT2D eigenvalue weighted by atomic mass is 9.88. The van der Waals surface area contributed by atoms with Crippen LogP contribution in [0.25, 0.3) is 10.4 Å². The molecule has 3 rings (SSSR count). The average Bonchev–Trinajstić information content (AvgIpc) is 2.75. The molecule has 1 heterocycles. The zero-order chi connectivity index (χ0) is 12.9. The maximum atomic E-state index is 11.1. The van der Waals surface area contributed by atoms with Crippen LogP contribution in [-0.4, -0.2) is 11.1 Å². The van der Waals surface area contributed by atoms with Crippen LogP contribution in [0.15, 0.2) is 18.2 Å². The van der Waals surface area contributed by atoms with Crippen molar-refractivity contribution in [3.8, 4) is 10.4 Å². The zero-order valence-electron chi connectivity index (χ0n) is 10.4. The lowest BCUT2D eigenvalue weighted by Gasteiger charge is -2.18. The molecule has 0 saturated heterocycles. The van der Waals surface area contributed by atoms with Crippen LogP contribution in [0.3, 0.4) is 0 Å². The molecule has 0 amide bonds. The molecule has 0 bridgehead atoms. The number of carbonyl (C=O) groups is 1. The first kappa shape index (κ1) is 11.5. The van der Waals surface area contributed by atoms with Crippen LogP contribution in [0.1, 0.15) is 31.9 Å². The van der Waals surface area contributed by atoms with E-state index in [9.17, 15) is 4.79 Å². The van der Waals surface area contributed by atoms with E-state index < -0.39 is 5.97 Å². The van der Waals surface area contributed by atoms with Crippen molar-refractivity contribution in [1.29, 1.82) is 0 Å². The van der Waals surface area contributed by atoms with E-state index in [1.807, 2.05) is 6.07 Å². The Balaban J connectivity index is 2.21. The summed E-state index contributed by atoms with van der Waals surface area (Å²) >= 11 is 1.40. The topological polar surface area (TPSA) is 37.3 Å². The molecule has 0 saturated carbocycles. The molecular formula is C15H14O2S. The fourth-order valence-corrected chi connectivity index (χ4v) is 3.61. The Hall–Kier alpha value is -1.61. The van der Waals surface area contributed by atoms with Crippen molar-refractivity contribution in [2.45, 2.75) is 26.7 Å². The van der Waals surface area contributed by atoms with Crippen LogP contribution in [-0.2, 0) is 12.8 Å². The van der Waals surface area contributed by atoms with E-state index in [4.69, 9.17) is 5.11 Å². The second-order valence-corrected chi connectivity index (χ2v) is 5.92. The van der Waals surface area contributed by atoms with Gasteiger partial charge in [-0.1, -0.05) is 12.1 Å². The van der Waals surface area contributed by atoms with Gasteiger partial charge in [-0.2, -0.15) is 0 Å². The van der Waals surface area contributed by atoms with Gasteiger partial charge >= 0.3 is 5.97 Å². The first-order chi connectivity index (χ1) is 8.56. The minimum atomic E-state index is -0.820. The summed E-state index contributed by atoms with van der Waals surface area (Å²) in [5.41, 5.74) is 6.36. The Kier molecular flexibility index (Phi) is 2.52. The number of aryl methyl sites for hydroxylation is 4. The lowest BCUT2D eigenvalue weighted by Crippen LogP contribution is -2.02. The fraction of sp³-hybridized carbons (Fsp3) is 0.267. The smallest absolute Gasteiger partial charge is 0.345 e. The lowest BCUT2D eigenvalue weighted by molar-refractivity contribution is 0.0702. The highest BCUT2D eigenvalue weighted by Crippen LogP contribution is 2.40. The average molecular weight is 258 g/mol. The summed E-state index contributed by atoms with van der Waals surface area (Å²) in [5, 5.41) is 9.09. The standard InChI is InChI=1S/C15H14O2S/c1-8-5-10-3-4-11-7-13(15(16)17)18-14(11)12(10)6-9(8)2/h5-7H,3-4H2,1-2H3,(H,16,17). The van der Waals surface area contributed by atoms with Gasteiger partial charge in [0.15, 0.2) is 0 Å². The predicted molar refractivity (Wildman–Crippen MR) is 73.6 cm³/mol. The summed E-state index contributed by atoms with van der Waals surface area (Å²) in [6, 6.07) is 6.28. The zero-order valence-corrected chi connectivity index (χ0v) is 11.2. The van der Waals surface area contributed by atoms with Gasteiger partial charge < -0.3 is 5.11 Å². The van der Waals surface area contributed by atoms with E-state index in [0.717, 1.165) is 17.7 Å². The Morgan fingerprint density at radius 3 is 2.50 bits per heavy atom. The normalized spacial score (nSPS) is 13.0. The molecule has 1 aromatic carbocycles. The molecule has 0 aliphatic heterocycles. The molecule has 1 aliphatic rings. The number of carboxylic acids is 1. The van der Waals surface area contributed by atoms with Gasteiger partial charge in [-0.05, 0) is 60.6 Å². The monoisotopic (exact) mass is 258 g/mol. The highest BCUT2D eigenvalue weighted by molar-refractivity contribution is 7.17. The molecule has 2 nitrogen and oxygen atoms in total. The second-order valence-electron chi connectivity index (χ2n) is 4.86. The van der Waals surface area contributed by atoms with Gasteiger partial charge in [0.25, 0.3) is 0 Å². The maximum absolute atomic E-state index is 11.1. The van der Waals surface area contributed by atoms with Gasteiger partial charge in [0.2, 0.25) is 0 Å². The summed E-state index contributed by atoms with van der Waals surface area (Å²) in [6.45, 7) is 4.23. The number of carboxylic acid groups (broad SMARTS) is 1. The molecular weight excluding hydrogens is 244 g/mol. The van der Waals surface area contributed by atoms with E-state index in [-0.39, 0.29) is 0 Å². The number of benzene rings is 1. The fourth-order valence-electron chi connectivity index (χ4n) is 2.51. The summed E-state index contributed by atoms with van der Waals surface area (Å²) in [6.07, 6.45) is 1.97. The van der Waals surface area contributed by atoms with E-state index in [1.165, 1.54) is 39.2 Å². The molecule has 1 N–H and O–H groups in total. The first-order valence-electron chi connectivity index (χ1n) is 6.03. The van der Waals surface area contributed by atoms with Gasteiger partial charge in [0.1, 0.15) is 4.88 Å². The molecule has 2 aromatic rings. The summed E-state index contributed by atoms with van der Waals surface area (Å²) < 4.78 is 0.